The number of nitrogens with one attached hydrogen (secondary N) is 1. The third-order valence-corrected chi connectivity index (χ3v) is 3.13. The molecular formula is C9H13NO4. The average molecular weight is 199 g/mol. The van der Waals surface area contributed by atoms with Crippen molar-refractivity contribution >= 4 is 11.9 Å². The second-order valence-corrected chi connectivity index (χ2v) is 3.90. The minimum Gasteiger partial charge on any atom is -0.456 e. The Hall–Kier alpha value is -1.10. The highest BCUT2D eigenvalue weighted by atomic mass is 16.6. The molecule has 0 aliphatic carbocycles. The maximum Gasteiger partial charge on any atom is 0.338 e. The number of aliphatic hydroxyl groups excluding tert-OH is 1. The number of aliphatic hydroxyl groups is 1. The molecule has 0 spiro atoms. The maximum absolute atomic E-state index is 11.4. The normalized spacial score (nSPS) is 42.2. The molecule has 4 atom stereocenters. The summed E-state index contributed by atoms with van der Waals surface area (Å²) in [5, 5.41) is 12.3. The van der Waals surface area contributed by atoms with Crippen molar-refractivity contribution in [3.05, 3.63) is 0 Å². The molecule has 0 aromatic carbocycles. The Morgan fingerprint density at radius 1 is 1.64 bits per heavy atom. The Morgan fingerprint density at radius 3 is 2.71 bits per heavy atom. The Bertz CT molecular complexity index is 303. The fourth-order valence-corrected chi connectivity index (χ4v) is 2.17. The summed E-state index contributed by atoms with van der Waals surface area (Å²) in [6, 6.07) is 0. The van der Waals surface area contributed by atoms with E-state index in [1.54, 1.807) is 13.8 Å². The number of fused-ring (bicyclic) bond motifs is 1. The van der Waals surface area contributed by atoms with Crippen LogP contribution < -0.4 is 5.32 Å². The molecule has 5 nitrogen and oxygen atoms in total. The number of carbonyl (C=O) groups is 2. The lowest BCUT2D eigenvalue weighted by Gasteiger charge is -2.44. The van der Waals surface area contributed by atoms with Crippen molar-refractivity contribution in [3.8, 4) is 0 Å². The van der Waals surface area contributed by atoms with E-state index in [1.165, 1.54) is 0 Å². The van der Waals surface area contributed by atoms with Crippen molar-refractivity contribution in [3.63, 3.8) is 0 Å². The monoisotopic (exact) mass is 199 g/mol. The number of hydrogen-bond acceptors (Lipinski definition) is 4. The van der Waals surface area contributed by atoms with E-state index < -0.39 is 23.7 Å². The summed E-state index contributed by atoms with van der Waals surface area (Å²) in [4.78, 5) is 22.7. The van der Waals surface area contributed by atoms with Gasteiger partial charge in [-0.15, -0.1) is 0 Å². The zero-order valence-electron chi connectivity index (χ0n) is 8.11. The van der Waals surface area contributed by atoms with Gasteiger partial charge in [0, 0.05) is 0 Å². The second-order valence-electron chi connectivity index (χ2n) is 3.90. The predicted octanol–water partition coefficient (Wildman–Crippen LogP) is -0.813. The first-order valence-electron chi connectivity index (χ1n) is 4.75. The van der Waals surface area contributed by atoms with Crippen LogP contribution in [0.1, 0.15) is 20.3 Å². The topological polar surface area (TPSA) is 75.6 Å². The Labute approximate surface area is 81.4 Å². The molecule has 5 heteroatoms. The molecule has 1 amide bonds. The van der Waals surface area contributed by atoms with E-state index in [9.17, 15) is 14.7 Å². The van der Waals surface area contributed by atoms with Crippen LogP contribution in [0.4, 0.5) is 0 Å². The Kier molecular flexibility index (Phi) is 1.82. The zero-order chi connectivity index (χ0) is 10.5. The van der Waals surface area contributed by atoms with Gasteiger partial charge in [-0.25, -0.2) is 4.79 Å². The molecule has 0 radical (unpaired) electrons. The van der Waals surface area contributed by atoms with Gasteiger partial charge < -0.3 is 15.2 Å². The first kappa shape index (κ1) is 9.45. The first-order chi connectivity index (χ1) is 6.54. The van der Waals surface area contributed by atoms with E-state index in [0.29, 0.717) is 6.42 Å². The molecule has 2 rings (SSSR count). The molecular weight excluding hydrogens is 186 g/mol. The number of ether oxygens (including phenoxy) is 1. The van der Waals surface area contributed by atoms with E-state index in [1.807, 2.05) is 0 Å². The number of esters is 1. The second kappa shape index (κ2) is 2.70. The van der Waals surface area contributed by atoms with Gasteiger partial charge in [0.2, 0.25) is 11.4 Å². The Balaban J connectivity index is 2.32. The first-order valence-corrected chi connectivity index (χ1v) is 4.75. The van der Waals surface area contributed by atoms with Crippen LogP contribution in [0, 0.1) is 5.92 Å². The summed E-state index contributed by atoms with van der Waals surface area (Å²) in [7, 11) is 0. The van der Waals surface area contributed by atoms with Crippen LogP contribution in [0.25, 0.3) is 0 Å². The number of carbonyl (C=O) groups excluding carboxylic acids is 2. The van der Waals surface area contributed by atoms with Crippen LogP contribution in [-0.4, -0.2) is 34.7 Å². The summed E-state index contributed by atoms with van der Waals surface area (Å²) in [6.07, 6.45) is -0.946. The molecule has 0 aromatic rings. The molecule has 2 fully saturated rings. The molecule has 2 saturated heterocycles. The Morgan fingerprint density at radius 2 is 2.29 bits per heavy atom. The van der Waals surface area contributed by atoms with Crippen molar-refractivity contribution in [2.45, 2.75) is 38.0 Å². The molecule has 2 aliphatic heterocycles. The van der Waals surface area contributed by atoms with Gasteiger partial charge in [0.05, 0.1) is 12.0 Å². The average Bonchev–Trinajstić information content (AvgIpc) is 2.37. The van der Waals surface area contributed by atoms with Gasteiger partial charge in [-0.05, 0) is 13.3 Å². The van der Waals surface area contributed by atoms with Crippen molar-refractivity contribution in [1.29, 1.82) is 0 Å². The summed E-state index contributed by atoms with van der Waals surface area (Å²) in [6.45, 7) is 3.45. The van der Waals surface area contributed by atoms with Crippen molar-refractivity contribution in [2.24, 2.45) is 5.92 Å². The highest BCUT2D eigenvalue weighted by Gasteiger charge is 2.70. The van der Waals surface area contributed by atoms with Crippen LogP contribution in [0.15, 0.2) is 0 Å². The summed E-state index contributed by atoms with van der Waals surface area (Å²) in [5.74, 6) is -1.11. The summed E-state index contributed by atoms with van der Waals surface area (Å²) < 4.78 is 4.89. The number of amides is 1. The third-order valence-electron chi connectivity index (χ3n) is 3.13. The van der Waals surface area contributed by atoms with E-state index in [2.05, 4.69) is 5.32 Å². The lowest BCUT2D eigenvalue weighted by Crippen LogP contribution is -2.72. The summed E-state index contributed by atoms with van der Waals surface area (Å²) in [5.41, 5.74) is -1.16. The molecule has 0 bridgehead atoms. The van der Waals surface area contributed by atoms with Gasteiger partial charge in [-0.1, -0.05) is 6.92 Å². The van der Waals surface area contributed by atoms with Crippen molar-refractivity contribution < 1.29 is 19.4 Å². The van der Waals surface area contributed by atoms with Gasteiger partial charge >= 0.3 is 5.97 Å². The van der Waals surface area contributed by atoms with Crippen molar-refractivity contribution in [2.75, 3.05) is 0 Å². The molecule has 2 heterocycles. The van der Waals surface area contributed by atoms with Crippen LogP contribution in [0.5, 0.6) is 0 Å². The fourth-order valence-electron chi connectivity index (χ4n) is 2.17. The molecule has 2 N–H and O–H groups in total. The maximum atomic E-state index is 11.4. The van der Waals surface area contributed by atoms with Gasteiger partial charge in [0.1, 0.15) is 6.10 Å². The minimum absolute atomic E-state index is 0.228. The van der Waals surface area contributed by atoms with Crippen LogP contribution >= 0.6 is 0 Å². The van der Waals surface area contributed by atoms with Crippen molar-refractivity contribution in [1.82, 2.24) is 5.32 Å². The molecule has 2 aliphatic rings. The molecule has 0 unspecified atom stereocenters. The van der Waals surface area contributed by atoms with Gasteiger partial charge in [0.25, 0.3) is 0 Å². The third kappa shape index (κ3) is 0.829. The SMILES string of the molecule is CC[C@H](O)[C@]12NC(=O)[C@H](C)[C@@H]1OC2=O. The number of hydrogen-bond donors (Lipinski definition) is 2. The van der Waals surface area contributed by atoms with E-state index >= 15 is 0 Å². The molecule has 0 saturated carbocycles. The summed E-state index contributed by atoms with van der Waals surface area (Å²) >= 11 is 0. The zero-order valence-corrected chi connectivity index (χ0v) is 8.11. The highest BCUT2D eigenvalue weighted by Crippen LogP contribution is 2.41. The van der Waals surface area contributed by atoms with Gasteiger partial charge in [0.15, 0.2) is 0 Å². The number of rotatable bonds is 2. The fraction of sp³-hybridized carbons (Fsp3) is 0.778. The van der Waals surface area contributed by atoms with E-state index in [0.717, 1.165) is 0 Å². The molecule has 78 valence electrons. The van der Waals surface area contributed by atoms with Gasteiger partial charge in [-0.3, -0.25) is 4.79 Å². The lowest BCUT2D eigenvalue weighted by atomic mass is 9.79. The van der Waals surface area contributed by atoms with Crippen LogP contribution in [0.2, 0.25) is 0 Å². The predicted molar refractivity (Wildman–Crippen MR) is 46.2 cm³/mol. The quantitative estimate of drug-likeness (QED) is 0.570. The van der Waals surface area contributed by atoms with Crippen LogP contribution in [-0.2, 0) is 14.3 Å². The van der Waals surface area contributed by atoms with Crippen LogP contribution in [0.3, 0.4) is 0 Å². The van der Waals surface area contributed by atoms with E-state index in [4.69, 9.17) is 4.74 Å². The molecule has 0 aromatic heterocycles. The smallest absolute Gasteiger partial charge is 0.338 e. The standard InChI is InChI=1S/C9H13NO4/c1-3-5(11)9-6(14-8(9)13)4(2)7(12)10-9/h4-6,11H,3H2,1-2H3,(H,10,12)/t4-,5+,6+,9+/m1/s1. The van der Waals surface area contributed by atoms with E-state index in [-0.39, 0.29) is 11.8 Å². The largest absolute Gasteiger partial charge is 0.456 e. The lowest BCUT2D eigenvalue weighted by molar-refractivity contribution is -0.204. The van der Waals surface area contributed by atoms with Gasteiger partial charge in [-0.2, -0.15) is 0 Å². The minimum atomic E-state index is -1.16. The highest BCUT2D eigenvalue weighted by molar-refractivity contribution is 5.99. The molecule has 14 heavy (non-hydrogen) atoms.